The number of likely N-dealkylation sites (N-methyl/N-ethyl adjacent to an activating group) is 2. The molecule has 4 N–H and O–H groups in total. The molecule has 0 spiro atoms. The molecule has 6 heteroatoms. The quantitative estimate of drug-likeness (QED) is 0.0451. The number of nitrogens with one attached hydrogen (secondary N) is 2. The summed E-state index contributed by atoms with van der Waals surface area (Å²) in [7, 11) is 7.39. The van der Waals surface area contributed by atoms with Gasteiger partial charge in [-0.1, -0.05) is 108 Å². The number of carbonyl (C=O) groups is 1. The molecule has 6 nitrogen and oxygen atoms in total. The molecule has 0 unspecified atom stereocenters. The van der Waals surface area contributed by atoms with E-state index in [9.17, 15) is 0 Å². The van der Waals surface area contributed by atoms with Crippen molar-refractivity contribution in [2.45, 2.75) is 80.1 Å². The minimum atomic E-state index is 0.526. The van der Waals surface area contributed by atoms with Crippen molar-refractivity contribution in [1.29, 1.82) is 5.41 Å². The Hall–Kier alpha value is -4.60. The van der Waals surface area contributed by atoms with E-state index < -0.39 is 0 Å². The van der Waals surface area contributed by atoms with Crippen molar-refractivity contribution in [1.82, 2.24) is 15.1 Å². The largest absolute Gasteiger partial charge is 0.375 e. The molecule has 0 fully saturated rings. The van der Waals surface area contributed by atoms with Gasteiger partial charge in [-0.15, -0.1) is 25.5 Å². The molecule has 284 valence electrons. The van der Waals surface area contributed by atoms with Gasteiger partial charge in [0, 0.05) is 58.3 Å². The van der Waals surface area contributed by atoms with Crippen molar-refractivity contribution >= 4 is 24.8 Å². The topological polar surface area (TPSA) is 85.4 Å². The number of rotatable bonds is 14. The highest BCUT2D eigenvalue weighted by Gasteiger charge is 2.21. The molecular formula is C45H73N5O. The van der Waals surface area contributed by atoms with Gasteiger partial charge in [-0.3, -0.25) is 4.79 Å². The van der Waals surface area contributed by atoms with E-state index >= 15 is 0 Å². The molecule has 2 rings (SSSR count). The van der Waals surface area contributed by atoms with E-state index in [1.807, 2.05) is 13.8 Å². The molecule has 0 bridgehead atoms. The summed E-state index contributed by atoms with van der Waals surface area (Å²) in [6, 6.07) is 8.78. The van der Waals surface area contributed by atoms with Gasteiger partial charge in [0.05, 0.1) is 0 Å². The molecule has 1 aromatic carbocycles. The zero-order valence-electron chi connectivity index (χ0n) is 34.0. The molecule has 0 saturated carbocycles. The zero-order valence-corrected chi connectivity index (χ0v) is 34.0. The van der Waals surface area contributed by atoms with Gasteiger partial charge in [0.2, 0.25) is 6.41 Å². The molecule has 0 atom stereocenters. The van der Waals surface area contributed by atoms with E-state index in [1.54, 1.807) is 25.3 Å². The third-order valence-corrected chi connectivity index (χ3v) is 7.54. The Morgan fingerprint density at radius 3 is 2.04 bits per heavy atom. The van der Waals surface area contributed by atoms with Gasteiger partial charge in [-0.2, -0.15) is 0 Å². The van der Waals surface area contributed by atoms with E-state index in [2.05, 4.69) is 143 Å². The standard InChI is InChI=1S/C33H46N2.C5H7N.C2H5NO.C2H6.C2H4.CH5N/c1-9-13-14-15-22-32-27(6)35(8)25-31(26(5)34(7)12-4)23-29-20-16-17-21-30(29)24-33(32)28(18-10-2)19-11-3;1-2-3-4-5-6;1-3-2-4;3*1-2/h1,15-17,20-24,28H,5,10-14,18-19,25H2,2-4,6-8H3;2-6H,1H2;2H,1H3,(H,3,4);1-2H3;1-2H2;2H2,1H3/b22-15-,31-23+,32-27-,33-24+;4-3-,6-5?;;;;. The maximum Gasteiger partial charge on any atom is 0.206 e. The van der Waals surface area contributed by atoms with E-state index in [0.29, 0.717) is 12.3 Å². The van der Waals surface area contributed by atoms with Crippen LogP contribution in [0, 0.1) is 23.7 Å². The van der Waals surface area contributed by atoms with Crippen molar-refractivity contribution in [3.63, 3.8) is 0 Å². The van der Waals surface area contributed by atoms with Gasteiger partial charge in [0.25, 0.3) is 0 Å². The summed E-state index contributed by atoms with van der Waals surface area (Å²) in [5.74, 6) is 3.30. The van der Waals surface area contributed by atoms with Crippen LogP contribution in [0.25, 0.3) is 12.2 Å². The van der Waals surface area contributed by atoms with Crippen LogP contribution in [0.3, 0.4) is 0 Å². The van der Waals surface area contributed by atoms with Crippen molar-refractivity contribution in [3.8, 4) is 12.3 Å². The highest BCUT2D eigenvalue weighted by atomic mass is 16.1. The summed E-state index contributed by atoms with van der Waals surface area (Å²) in [6.45, 7) is 28.6. The molecule has 1 aliphatic heterocycles. The Kier molecular flexibility index (Phi) is 39.9. The molecule has 1 aliphatic rings. The number of allylic oxidation sites excluding steroid dienone is 8. The zero-order chi connectivity index (χ0) is 40.0. The molecule has 51 heavy (non-hydrogen) atoms. The fraction of sp³-hybridized carbons (Fsp3) is 0.422. The number of nitrogens with two attached hydrogens (primary N) is 1. The third-order valence-electron chi connectivity index (χ3n) is 7.54. The van der Waals surface area contributed by atoms with Crippen LogP contribution in [0.4, 0.5) is 0 Å². The van der Waals surface area contributed by atoms with Crippen LogP contribution in [0.15, 0.2) is 109 Å². The lowest BCUT2D eigenvalue weighted by Crippen LogP contribution is -2.26. The summed E-state index contributed by atoms with van der Waals surface area (Å²) in [6.07, 6.45) is 28.1. The van der Waals surface area contributed by atoms with Crippen LogP contribution in [-0.2, 0) is 4.79 Å². The van der Waals surface area contributed by atoms with Gasteiger partial charge >= 0.3 is 0 Å². The lowest BCUT2D eigenvalue weighted by molar-refractivity contribution is -0.109. The average molecular weight is 700 g/mol. The number of hydrogen-bond acceptors (Lipinski definition) is 5. The monoisotopic (exact) mass is 700 g/mol. The van der Waals surface area contributed by atoms with Crippen molar-refractivity contribution in [2.75, 3.05) is 41.3 Å². The first-order valence-electron chi connectivity index (χ1n) is 18.1. The minimum Gasteiger partial charge on any atom is -0.375 e. The Labute approximate surface area is 314 Å². The lowest BCUT2D eigenvalue weighted by atomic mass is 9.82. The fourth-order valence-electron chi connectivity index (χ4n) is 4.86. The van der Waals surface area contributed by atoms with E-state index in [4.69, 9.17) is 16.6 Å². The second kappa shape index (κ2) is 38.2. The number of benzene rings is 1. The van der Waals surface area contributed by atoms with Gasteiger partial charge < -0.3 is 26.3 Å². The van der Waals surface area contributed by atoms with E-state index in [-0.39, 0.29) is 0 Å². The van der Waals surface area contributed by atoms with Gasteiger partial charge in [0.15, 0.2) is 0 Å². The van der Waals surface area contributed by atoms with Crippen LogP contribution in [0.2, 0.25) is 0 Å². The summed E-state index contributed by atoms with van der Waals surface area (Å²) in [5, 5.41) is 8.70. The van der Waals surface area contributed by atoms with Crippen LogP contribution >= 0.6 is 0 Å². The molecule has 0 aliphatic carbocycles. The number of carbonyl (C=O) groups excluding carboxylic acids is 1. The summed E-state index contributed by atoms with van der Waals surface area (Å²) in [5.41, 5.74) is 13.4. The third kappa shape index (κ3) is 23.4. The Bertz CT molecular complexity index is 1260. The Morgan fingerprint density at radius 2 is 1.63 bits per heavy atom. The smallest absolute Gasteiger partial charge is 0.206 e. The first-order chi connectivity index (χ1) is 24.7. The van der Waals surface area contributed by atoms with Crippen molar-refractivity contribution in [2.24, 2.45) is 11.7 Å². The van der Waals surface area contributed by atoms with Crippen LogP contribution < -0.4 is 11.1 Å². The SMILES string of the molecule is C#CCC\C=C/C1=C(\C)N(C)C/C(C(=C)N(C)CC)=C\c2ccccc2\C=C\1C(CCC)CCC.C=C.C=C/C=C\C=N.CC.CN.CNC=O. The van der Waals surface area contributed by atoms with Crippen LogP contribution in [-0.4, -0.2) is 63.7 Å². The van der Waals surface area contributed by atoms with Crippen LogP contribution in [0.1, 0.15) is 91.2 Å². The molecule has 0 saturated heterocycles. The molecule has 0 radical (unpaired) electrons. The summed E-state index contributed by atoms with van der Waals surface area (Å²) in [4.78, 5) is 13.7. The second-order valence-corrected chi connectivity index (χ2v) is 10.8. The van der Waals surface area contributed by atoms with Crippen molar-refractivity contribution < 1.29 is 4.79 Å². The first kappa shape index (κ1) is 53.2. The lowest BCUT2D eigenvalue weighted by Gasteiger charge is -2.31. The maximum atomic E-state index is 9.06. The maximum absolute atomic E-state index is 9.06. The molecule has 1 heterocycles. The number of unbranched alkanes of at least 4 members (excludes halogenated alkanes) is 1. The summed E-state index contributed by atoms with van der Waals surface area (Å²) < 4.78 is 0. The number of amides is 1. The molecule has 1 amide bonds. The number of hydrogen-bond donors (Lipinski definition) is 3. The predicted molar refractivity (Wildman–Crippen MR) is 232 cm³/mol. The highest BCUT2D eigenvalue weighted by Crippen LogP contribution is 2.35. The molecule has 0 aromatic heterocycles. The van der Waals surface area contributed by atoms with E-state index in [0.717, 1.165) is 31.6 Å². The highest BCUT2D eigenvalue weighted by molar-refractivity contribution is 5.73. The minimum absolute atomic E-state index is 0.526. The average Bonchev–Trinajstić information content (AvgIpc) is 3.18. The Morgan fingerprint density at radius 1 is 1.10 bits per heavy atom. The van der Waals surface area contributed by atoms with Gasteiger partial charge in [-0.05, 0) is 86.1 Å². The number of fused-ring (bicyclic) bond motifs is 1. The van der Waals surface area contributed by atoms with Crippen molar-refractivity contribution in [3.05, 3.63) is 120 Å². The molecular weight excluding hydrogens is 627 g/mol. The first-order valence-corrected chi connectivity index (χ1v) is 18.1. The second-order valence-electron chi connectivity index (χ2n) is 10.8. The summed E-state index contributed by atoms with van der Waals surface area (Å²) >= 11 is 0. The van der Waals surface area contributed by atoms with Gasteiger partial charge in [-0.25, -0.2) is 0 Å². The van der Waals surface area contributed by atoms with Gasteiger partial charge in [0.1, 0.15) is 0 Å². The predicted octanol–water partition coefficient (Wildman–Crippen LogP) is 10.5. The van der Waals surface area contributed by atoms with Crippen LogP contribution in [0.5, 0.6) is 0 Å². The number of terminal acetylenes is 1. The molecule has 1 aromatic rings. The van der Waals surface area contributed by atoms with E-state index in [1.165, 1.54) is 72.5 Å². The number of nitrogens with zero attached hydrogens (tertiary/aromatic N) is 2. The Balaban J connectivity index is -0.000000584. The normalized spacial score (nSPS) is 15.2. The fourth-order valence-corrected chi connectivity index (χ4v) is 4.86.